The first-order valence-electron chi connectivity index (χ1n) is 4.48. The first-order chi connectivity index (χ1) is 6.81. The molecule has 2 N–H and O–H groups in total. The van der Waals surface area contributed by atoms with Crippen LogP contribution in [-0.4, -0.2) is 60.2 Å². The number of hydrogen-bond acceptors (Lipinski definition) is 6. The molecule has 0 rings (SSSR count). The molecule has 0 heterocycles. The minimum Gasteiger partial charge on any atom is -0.396 e. The Hall–Kier alpha value is 0.540. The summed E-state index contributed by atoms with van der Waals surface area (Å²) in [4.78, 5) is 0. The van der Waals surface area contributed by atoms with Crippen molar-refractivity contribution in [2.75, 3.05) is 43.7 Å². The number of rotatable bonds is 10. The quantitative estimate of drug-likeness (QED) is 0.286. The molecule has 0 aromatic heterocycles. The molecule has 1 unspecified atom stereocenters. The second-order valence-corrected chi connectivity index (χ2v) is 4.06. The first-order valence-corrected chi connectivity index (χ1v) is 6.27. The van der Waals surface area contributed by atoms with Crippen LogP contribution < -0.4 is 0 Å². The zero-order valence-electron chi connectivity index (χ0n) is 8.09. The number of hydrogen-bond donors (Lipinski definition) is 3. The molecule has 0 aromatic carbocycles. The molecule has 86 valence electrons. The van der Waals surface area contributed by atoms with Crippen LogP contribution in [0.2, 0.25) is 0 Å². The Kier molecular flexibility index (Phi) is 12.1. The van der Waals surface area contributed by atoms with Crippen LogP contribution in [0.1, 0.15) is 0 Å². The fourth-order valence-electron chi connectivity index (χ4n) is 0.707. The van der Waals surface area contributed by atoms with Crippen molar-refractivity contribution in [2.24, 2.45) is 0 Å². The third-order valence-electron chi connectivity index (χ3n) is 1.27. The summed E-state index contributed by atoms with van der Waals surface area (Å²) in [6.07, 6.45) is -0.772. The average Bonchev–Trinajstić information content (AvgIpc) is 2.18. The number of ether oxygens (including phenoxy) is 2. The van der Waals surface area contributed by atoms with Gasteiger partial charge in [-0.1, -0.05) is 0 Å². The second-order valence-electron chi connectivity index (χ2n) is 2.46. The molecule has 0 bridgehead atoms. The van der Waals surface area contributed by atoms with Crippen molar-refractivity contribution in [3.8, 4) is 0 Å². The summed E-state index contributed by atoms with van der Waals surface area (Å²) >= 11 is 5.43. The average molecular weight is 242 g/mol. The van der Waals surface area contributed by atoms with Crippen LogP contribution in [0.5, 0.6) is 0 Å². The molecule has 0 aliphatic heterocycles. The monoisotopic (exact) mass is 242 g/mol. The van der Waals surface area contributed by atoms with Gasteiger partial charge in [0.25, 0.3) is 0 Å². The van der Waals surface area contributed by atoms with Gasteiger partial charge in [-0.25, -0.2) is 0 Å². The molecular formula is C8H18O4S2. The van der Waals surface area contributed by atoms with Gasteiger partial charge in [0.1, 0.15) is 0 Å². The maximum Gasteiger partial charge on any atom is 0.163 e. The minimum absolute atomic E-state index is 0.127. The molecule has 0 fully saturated rings. The topological polar surface area (TPSA) is 58.9 Å². The zero-order chi connectivity index (χ0) is 10.6. The summed E-state index contributed by atoms with van der Waals surface area (Å²) in [5.74, 6) is 1.79. The van der Waals surface area contributed by atoms with Crippen LogP contribution in [0.3, 0.4) is 0 Å². The van der Waals surface area contributed by atoms with Gasteiger partial charge in [0.15, 0.2) is 6.29 Å². The van der Waals surface area contributed by atoms with Gasteiger partial charge < -0.3 is 19.7 Å². The Bertz CT molecular complexity index is 116. The van der Waals surface area contributed by atoms with Crippen molar-refractivity contribution in [3.63, 3.8) is 0 Å². The molecule has 0 saturated carbocycles. The summed E-state index contributed by atoms with van der Waals surface area (Å²) in [6, 6.07) is 0. The number of aliphatic hydroxyl groups excluding tert-OH is 2. The fraction of sp³-hybridized carbons (Fsp3) is 1.00. The number of thioether (sulfide) groups is 1. The molecule has 0 saturated heterocycles. The lowest BCUT2D eigenvalue weighted by atomic mass is 10.7. The van der Waals surface area contributed by atoms with Crippen molar-refractivity contribution in [2.45, 2.75) is 6.29 Å². The van der Waals surface area contributed by atoms with E-state index in [0.717, 1.165) is 0 Å². The molecular weight excluding hydrogens is 224 g/mol. The lowest BCUT2D eigenvalue weighted by molar-refractivity contribution is -0.0954. The molecule has 1 atom stereocenters. The van der Waals surface area contributed by atoms with Gasteiger partial charge in [-0.05, 0) is 0 Å². The van der Waals surface area contributed by atoms with Crippen molar-refractivity contribution in [1.29, 1.82) is 0 Å². The minimum atomic E-state index is -0.772. The highest BCUT2D eigenvalue weighted by Crippen LogP contribution is 2.02. The van der Waals surface area contributed by atoms with Crippen molar-refractivity contribution in [1.82, 2.24) is 0 Å². The van der Waals surface area contributed by atoms with Crippen LogP contribution in [0.4, 0.5) is 0 Å². The lowest BCUT2D eigenvalue weighted by Gasteiger charge is -2.11. The SMILES string of the molecule is OCCSCC(O)OCCOCCS. The molecule has 0 amide bonds. The van der Waals surface area contributed by atoms with E-state index in [1.807, 2.05) is 0 Å². The van der Waals surface area contributed by atoms with Crippen molar-refractivity contribution < 1.29 is 19.7 Å². The van der Waals surface area contributed by atoms with Crippen LogP contribution in [0.25, 0.3) is 0 Å². The van der Waals surface area contributed by atoms with Gasteiger partial charge in [-0.2, -0.15) is 24.4 Å². The molecule has 0 spiro atoms. The fourth-order valence-corrected chi connectivity index (χ4v) is 1.43. The van der Waals surface area contributed by atoms with E-state index in [-0.39, 0.29) is 6.61 Å². The zero-order valence-corrected chi connectivity index (χ0v) is 9.80. The Balaban J connectivity index is 3.06. The normalized spacial score (nSPS) is 13.1. The van der Waals surface area contributed by atoms with Crippen LogP contribution in [0, 0.1) is 0 Å². The Morgan fingerprint density at radius 2 is 2.07 bits per heavy atom. The van der Waals surface area contributed by atoms with Gasteiger partial charge in [0, 0.05) is 17.3 Å². The molecule has 0 aromatic rings. The molecule has 0 aliphatic carbocycles. The molecule has 6 heteroatoms. The number of thiol groups is 1. The first kappa shape index (κ1) is 14.5. The maximum absolute atomic E-state index is 9.24. The van der Waals surface area contributed by atoms with E-state index in [0.29, 0.717) is 37.1 Å². The Morgan fingerprint density at radius 1 is 1.29 bits per heavy atom. The summed E-state index contributed by atoms with van der Waals surface area (Å²) < 4.78 is 10.1. The van der Waals surface area contributed by atoms with Crippen LogP contribution >= 0.6 is 24.4 Å². The van der Waals surface area contributed by atoms with E-state index in [2.05, 4.69) is 12.6 Å². The van der Waals surface area contributed by atoms with E-state index in [4.69, 9.17) is 14.6 Å². The van der Waals surface area contributed by atoms with Crippen LogP contribution in [0.15, 0.2) is 0 Å². The summed E-state index contributed by atoms with van der Waals surface area (Å²) in [5, 5.41) is 17.7. The predicted molar refractivity (Wildman–Crippen MR) is 61.0 cm³/mol. The highest BCUT2D eigenvalue weighted by atomic mass is 32.2. The van der Waals surface area contributed by atoms with E-state index in [9.17, 15) is 5.11 Å². The predicted octanol–water partition coefficient (Wildman–Crippen LogP) is -0.00670. The highest BCUT2D eigenvalue weighted by Gasteiger charge is 2.03. The largest absolute Gasteiger partial charge is 0.396 e. The summed E-state index contributed by atoms with van der Waals surface area (Å²) in [7, 11) is 0. The van der Waals surface area contributed by atoms with Crippen molar-refractivity contribution >= 4 is 24.4 Å². The Morgan fingerprint density at radius 3 is 2.71 bits per heavy atom. The van der Waals surface area contributed by atoms with Gasteiger partial charge in [-0.15, -0.1) is 0 Å². The highest BCUT2D eigenvalue weighted by molar-refractivity contribution is 7.99. The standard InChI is InChI=1S/C8H18O4S2/c9-1-6-14-7-8(10)12-3-2-11-4-5-13/h8-10,13H,1-7H2. The van der Waals surface area contributed by atoms with Gasteiger partial charge >= 0.3 is 0 Å². The van der Waals surface area contributed by atoms with Gasteiger partial charge in [-0.3, -0.25) is 0 Å². The van der Waals surface area contributed by atoms with Crippen LogP contribution in [-0.2, 0) is 9.47 Å². The van der Waals surface area contributed by atoms with Crippen molar-refractivity contribution in [3.05, 3.63) is 0 Å². The third kappa shape index (κ3) is 10.6. The van der Waals surface area contributed by atoms with E-state index >= 15 is 0 Å². The third-order valence-corrected chi connectivity index (χ3v) is 2.44. The van der Waals surface area contributed by atoms with Gasteiger partial charge in [0.05, 0.1) is 26.4 Å². The Labute approximate surface area is 94.4 Å². The van der Waals surface area contributed by atoms with E-state index in [1.165, 1.54) is 11.8 Å². The van der Waals surface area contributed by atoms with E-state index in [1.54, 1.807) is 0 Å². The molecule has 0 aliphatic rings. The molecule has 4 nitrogen and oxygen atoms in total. The second kappa shape index (κ2) is 11.6. The maximum atomic E-state index is 9.24. The van der Waals surface area contributed by atoms with Gasteiger partial charge in [0.2, 0.25) is 0 Å². The van der Waals surface area contributed by atoms with E-state index < -0.39 is 6.29 Å². The lowest BCUT2D eigenvalue weighted by Crippen LogP contribution is -2.18. The molecule has 0 radical (unpaired) electrons. The smallest absolute Gasteiger partial charge is 0.163 e. The summed E-state index contributed by atoms with van der Waals surface area (Å²) in [5.41, 5.74) is 0. The number of aliphatic hydroxyl groups is 2. The summed E-state index contributed by atoms with van der Waals surface area (Å²) in [6.45, 7) is 1.58. The molecule has 14 heavy (non-hydrogen) atoms.